The van der Waals surface area contributed by atoms with Gasteiger partial charge in [0.05, 0.1) is 0 Å². The van der Waals surface area contributed by atoms with Gasteiger partial charge in [-0.1, -0.05) is 0 Å². The van der Waals surface area contributed by atoms with Crippen LogP contribution in [-0.2, 0) is 15.0 Å². The van der Waals surface area contributed by atoms with Crippen LogP contribution in [0.1, 0.15) is 5.56 Å². The third kappa shape index (κ3) is 5.78. The van der Waals surface area contributed by atoms with Gasteiger partial charge in [-0.15, -0.1) is 0 Å². The first-order chi connectivity index (χ1) is 8.78. The standard InChI is InChI=1S/C14H12O2S.Al.2H2O/c15-14(16)10-11-5-4-8-13(9-11)17-12-6-2-1-3-7-12;;;/h1-9H,10H2,(H,15,16);;2*1H2/q;+3;;/p-3. The number of benzene rings is 2. The maximum Gasteiger partial charge on any atom is -0.870 e. The summed E-state index contributed by atoms with van der Waals surface area (Å²) >= 11 is 3.66. The van der Waals surface area contributed by atoms with Crippen molar-refractivity contribution >= 4 is 34.4 Å². The van der Waals surface area contributed by atoms with Crippen molar-refractivity contribution in [3.8, 4) is 0 Å². The summed E-state index contributed by atoms with van der Waals surface area (Å²) in [4.78, 5) is 13.5. The molecular weight excluding hydrogens is 291 g/mol. The molecule has 0 spiro atoms. The first kappa shape index (κ1) is 18.7. The van der Waals surface area contributed by atoms with E-state index < -0.39 is 0 Å². The number of carbonyl (C=O) groups is 1. The summed E-state index contributed by atoms with van der Waals surface area (Å²) < 4.78 is 4.58. The summed E-state index contributed by atoms with van der Waals surface area (Å²) in [5.74, 6) is -0.248. The zero-order chi connectivity index (χ0) is 12.8. The van der Waals surface area contributed by atoms with Crippen LogP contribution < -0.4 is 0 Å². The van der Waals surface area contributed by atoms with Gasteiger partial charge >= 0.3 is 119 Å². The Kier molecular flexibility index (Phi) is 8.97. The molecule has 0 heterocycles. The molecule has 0 saturated heterocycles. The molecular formula is C14H13AlO4S. The van der Waals surface area contributed by atoms with E-state index in [-0.39, 0.29) is 16.9 Å². The molecule has 0 unspecified atom stereocenters. The summed E-state index contributed by atoms with van der Waals surface area (Å²) in [7, 11) is 0. The molecule has 6 heteroatoms. The van der Waals surface area contributed by atoms with Gasteiger partial charge in [-0.3, -0.25) is 0 Å². The summed E-state index contributed by atoms with van der Waals surface area (Å²) in [6.45, 7) is 0. The Morgan fingerprint density at radius 1 is 1.00 bits per heavy atom. The molecule has 0 aliphatic carbocycles. The Hall–Kier alpha value is -1.29. The molecule has 20 heavy (non-hydrogen) atoms. The minimum absolute atomic E-state index is 0. The molecule has 0 saturated carbocycles. The fourth-order valence-electron chi connectivity index (χ4n) is 1.55. The molecule has 2 aromatic carbocycles. The SMILES string of the molecule is O=C(Cc1cccc(Sc2ccccc2)c1)[O][Al+2].[OH-].[OH-]. The van der Waals surface area contributed by atoms with Crippen LogP contribution in [0, 0.1) is 0 Å². The van der Waals surface area contributed by atoms with Gasteiger partial charge in [0.25, 0.3) is 0 Å². The van der Waals surface area contributed by atoms with Gasteiger partial charge in [0, 0.05) is 0 Å². The monoisotopic (exact) mass is 304 g/mol. The fourth-order valence-corrected chi connectivity index (χ4v) is 2.56. The van der Waals surface area contributed by atoms with Crippen LogP contribution in [0.4, 0.5) is 0 Å². The molecule has 0 fully saturated rings. The van der Waals surface area contributed by atoms with Crippen molar-refractivity contribution in [2.45, 2.75) is 16.2 Å². The molecule has 102 valence electrons. The average molecular weight is 304 g/mol. The van der Waals surface area contributed by atoms with Gasteiger partial charge in [-0.25, -0.2) is 0 Å². The van der Waals surface area contributed by atoms with Gasteiger partial charge in [-0.2, -0.15) is 0 Å². The first-order valence-corrected chi connectivity index (χ1v) is 6.78. The molecule has 2 rings (SSSR count). The normalized spacial score (nSPS) is 9.10. The Morgan fingerprint density at radius 3 is 2.30 bits per heavy atom. The summed E-state index contributed by atoms with van der Waals surface area (Å²) in [5.41, 5.74) is 0.961. The molecule has 0 aliphatic rings. The Labute approximate surface area is 130 Å². The molecule has 0 radical (unpaired) electrons. The summed E-state index contributed by atoms with van der Waals surface area (Å²) in [5, 5.41) is 0. The van der Waals surface area contributed by atoms with E-state index in [2.05, 4.69) is 15.9 Å². The minimum atomic E-state index is -0.248. The Bertz CT molecular complexity index is 534. The van der Waals surface area contributed by atoms with Crippen molar-refractivity contribution < 1.29 is 19.5 Å². The number of rotatable bonds is 4. The van der Waals surface area contributed by atoms with E-state index in [0.717, 1.165) is 10.5 Å². The molecule has 0 atom stereocenters. The maximum atomic E-state index is 11.2. The van der Waals surface area contributed by atoms with Crippen molar-refractivity contribution in [1.82, 2.24) is 0 Å². The smallest absolute Gasteiger partial charge is 0.870 e. The zero-order valence-corrected chi connectivity index (χ0v) is 12.6. The predicted molar refractivity (Wildman–Crippen MR) is 76.4 cm³/mol. The first-order valence-electron chi connectivity index (χ1n) is 5.49. The second-order valence-electron chi connectivity index (χ2n) is 3.73. The van der Waals surface area contributed by atoms with E-state index in [9.17, 15) is 4.79 Å². The summed E-state index contributed by atoms with van der Waals surface area (Å²) in [6, 6.07) is 18.1. The molecule has 4 nitrogen and oxygen atoms in total. The predicted octanol–water partition coefficient (Wildman–Crippen LogP) is 2.65. The van der Waals surface area contributed by atoms with E-state index in [1.807, 2.05) is 59.1 Å². The van der Waals surface area contributed by atoms with Crippen LogP contribution in [0.5, 0.6) is 0 Å². The third-order valence-electron chi connectivity index (χ3n) is 2.36. The topological polar surface area (TPSA) is 86.3 Å². The third-order valence-corrected chi connectivity index (χ3v) is 3.62. The molecule has 0 aromatic heterocycles. The van der Waals surface area contributed by atoms with E-state index in [1.54, 1.807) is 11.8 Å². The number of carbonyl (C=O) groups excluding carboxylic acids is 1. The average Bonchev–Trinajstić information content (AvgIpc) is 2.40. The van der Waals surface area contributed by atoms with Gasteiger partial charge in [0.2, 0.25) is 0 Å². The number of hydrogen-bond acceptors (Lipinski definition) is 5. The molecule has 0 amide bonds. The molecule has 0 bridgehead atoms. The van der Waals surface area contributed by atoms with E-state index in [4.69, 9.17) is 0 Å². The quantitative estimate of drug-likeness (QED) is 0.810. The van der Waals surface area contributed by atoms with E-state index in [1.165, 1.54) is 4.90 Å². The van der Waals surface area contributed by atoms with Crippen LogP contribution in [0.15, 0.2) is 64.4 Å². The van der Waals surface area contributed by atoms with E-state index >= 15 is 0 Å². The molecule has 2 N–H and O–H groups in total. The zero-order valence-electron chi connectivity index (χ0n) is 10.6. The summed E-state index contributed by atoms with van der Waals surface area (Å²) in [6.07, 6.45) is 0.298. The van der Waals surface area contributed by atoms with Crippen molar-refractivity contribution in [3.63, 3.8) is 0 Å². The van der Waals surface area contributed by atoms with Crippen molar-refractivity contribution in [3.05, 3.63) is 60.2 Å². The second kappa shape index (κ2) is 9.59. The Morgan fingerprint density at radius 2 is 1.65 bits per heavy atom. The van der Waals surface area contributed by atoms with Gasteiger partial charge < -0.3 is 11.0 Å². The van der Waals surface area contributed by atoms with Crippen molar-refractivity contribution in [1.29, 1.82) is 0 Å². The maximum absolute atomic E-state index is 11.2. The van der Waals surface area contributed by atoms with Crippen molar-refractivity contribution in [2.24, 2.45) is 0 Å². The molecule has 0 aliphatic heterocycles. The van der Waals surface area contributed by atoms with Gasteiger partial charge in [0.15, 0.2) is 0 Å². The second-order valence-corrected chi connectivity index (χ2v) is 5.11. The van der Waals surface area contributed by atoms with E-state index in [0.29, 0.717) is 6.42 Å². The van der Waals surface area contributed by atoms with Gasteiger partial charge in [-0.05, 0) is 0 Å². The Balaban J connectivity index is 0.00000180. The van der Waals surface area contributed by atoms with Crippen LogP contribution in [0.25, 0.3) is 0 Å². The fraction of sp³-hybridized carbons (Fsp3) is 0.0714. The largest absolute Gasteiger partial charge is 0.870 e. The number of hydrogen-bond donors (Lipinski definition) is 0. The van der Waals surface area contributed by atoms with Crippen LogP contribution >= 0.6 is 11.8 Å². The van der Waals surface area contributed by atoms with Gasteiger partial charge in [0.1, 0.15) is 0 Å². The minimum Gasteiger partial charge on any atom is -0.870 e. The van der Waals surface area contributed by atoms with Crippen LogP contribution in [0.3, 0.4) is 0 Å². The van der Waals surface area contributed by atoms with Crippen LogP contribution in [0.2, 0.25) is 0 Å². The molecule has 2 aromatic rings. The van der Waals surface area contributed by atoms with Crippen molar-refractivity contribution in [2.75, 3.05) is 0 Å². The van der Waals surface area contributed by atoms with Crippen LogP contribution in [-0.4, -0.2) is 33.5 Å².